The summed E-state index contributed by atoms with van der Waals surface area (Å²) in [5, 5.41) is 3.20. The van der Waals surface area contributed by atoms with Gasteiger partial charge in [-0.25, -0.2) is 0 Å². The van der Waals surface area contributed by atoms with Gasteiger partial charge in [0.2, 0.25) is 0 Å². The first kappa shape index (κ1) is 14.7. The lowest BCUT2D eigenvalue weighted by atomic mass is 9.86. The number of unbranched alkanes of at least 4 members (excludes halogenated alkanes) is 3. The van der Waals surface area contributed by atoms with Gasteiger partial charge in [0, 0.05) is 13.1 Å². The Balaban J connectivity index is 1.87. The Hall–Kier alpha value is -0.380. The molecule has 4 heteroatoms. The molecule has 0 aromatic carbocycles. The van der Waals surface area contributed by atoms with Gasteiger partial charge in [-0.2, -0.15) is 11.8 Å². The minimum absolute atomic E-state index is 0.640. The molecule has 1 aliphatic carbocycles. The van der Waals surface area contributed by atoms with Crippen molar-refractivity contribution in [3.05, 3.63) is 0 Å². The van der Waals surface area contributed by atoms with Gasteiger partial charge in [-0.3, -0.25) is 4.99 Å². The number of hydrogen-bond acceptors (Lipinski definition) is 2. The SMILES string of the molecule is CSCCCCCCNC(N)=NCC1CCC1. The number of nitrogens with zero attached hydrogens (tertiary/aromatic N) is 1. The maximum absolute atomic E-state index is 5.80. The first-order valence-corrected chi connectivity index (χ1v) is 8.25. The van der Waals surface area contributed by atoms with Gasteiger partial charge in [-0.1, -0.05) is 19.3 Å². The van der Waals surface area contributed by atoms with Crippen molar-refractivity contribution in [3.8, 4) is 0 Å². The lowest BCUT2D eigenvalue weighted by Crippen LogP contribution is -2.33. The molecule has 0 unspecified atom stereocenters. The summed E-state index contributed by atoms with van der Waals surface area (Å²) < 4.78 is 0. The number of nitrogens with two attached hydrogens (primary N) is 1. The van der Waals surface area contributed by atoms with Crippen LogP contribution in [-0.4, -0.2) is 31.1 Å². The monoisotopic (exact) mass is 257 g/mol. The number of guanidine groups is 1. The van der Waals surface area contributed by atoms with Gasteiger partial charge in [-0.15, -0.1) is 0 Å². The fourth-order valence-corrected chi connectivity index (χ4v) is 2.39. The van der Waals surface area contributed by atoms with Crippen LogP contribution in [0.1, 0.15) is 44.9 Å². The fraction of sp³-hybridized carbons (Fsp3) is 0.923. The number of rotatable bonds is 9. The van der Waals surface area contributed by atoms with E-state index in [2.05, 4.69) is 16.6 Å². The van der Waals surface area contributed by atoms with Crippen molar-refractivity contribution in [3.63, 3.8) is 0 Å². The molecule has 0 spiro atoms. The van der Waals surface area contributed by atoms with Gasteiger partial charge in [0.15, 0.2) is 5.96 Å². The van der Waals surface area contributed by atoms with Crippen molar-refractivity contribution in [1.29, 1.82) is 0 Å². The molecule has 0 radical (unpaired) electrons. The fourth-order valence-electron chi connectivity index (χ4n) is 1.90. The van der Waals surface area contributed by atoms with E-state index >= 15 is 0 Å². The highest BCUT2D eigenvalue weighted by atomic mass is 32.2. The molecule has 0 atom stereocenters. The minimum atomic E-state index is 0.640. The third kappa shape index (κ3) is 7.53. The number of nitrogens with one attached hydrogen (secondary N) is 1. The molecule has 1 aliphatic rings. The largest absolute Gasteiger partial charge is 0.370 e. The van der Waals surface area contributed by atoms with Crippen LogP contribution in [0.25, 0.3) is 0 Å². The second-order valence-corrected chi connectivity index (χ2v) is 5.84. The molecular formula is C13H27N3S. The first-order valence-electron chi connectivity index (χ1n) is 6.85. The first-order chi connectivity index (χ1) is 8.33. The van der Waals surface area contributed by atoms with Gasteiger partial charge in [0.25, 0.3) is 0 Å². The van der Waals surface area contributed by atoms with E-state index in [1.54, 1.807) is 0 Å². The Bertz CT molecular complexity index is 215. The predicted octanol–water partition coefficient (Wildman–Crippen LogP) is 2.61. The molecule has 0 aromatic heterocycles. The minimum Gasteiger partial charge on any atom is -0.370 e. The van der Waals surface area contributed by atoms with Crippen LogP contribution in [0.4, 0.5) is 0 Å². The average Bonchev–Trinajstić information content (AvgIpc) is 2.26. The summed E-state index contributed by atoms with van der Waals surface area (Å²) in [6.45, 7) is 1.89. The van der Waals surface area contributed by atoms with Crippen LogP contribution in [0, 0.1) is 5.92 Å². The van der Waals surface area contributed by atoms with Crippen LogP contribution in [-0.2, 0) is 0 Å². The summed E-state index contributed by atoms with van der Waals surface area (Å²) >= 11 is 1.93. The van der Waals surface area contributed by atoms with Crippen molar-refractivity contribution < 1.29 is 0 Å². The summed E-state index contributed by atoms with van der Waals surface area (Å²) in [5.74, 6) is 2.74. The summed E-state index contributed by atoms with van der Waals surface area (Å²) in [7, 11) is 0. The van der Waals surface area contributed by atoms with Crippen LogP contribution in [0.3, 0.4) is 0 Å². The Morgan fingerprint density at radius 3 is 2.71 bits per heavy atom. The molecule has 1 rings (SSSR count). The molecule has 100 valence electrons. The lowest BCUT2D eigenvalue weighted by molar-refractivity contribution is 0.326. The van der Waals surface area contributed by atoms with E-state index < -0.39 is 0 Å². The smallest absolute Gasteiger partial charge is 0.188 e. The van der Waals surface area contributed by atoms with E-state index in [9.17, 15) is 0 Å². The molecular weight excluding hydrogens is 230 g/mol. The van der Waals surface area contributed by atoms with E-state index in [4.69, 9.17) is 5.73 Å². The van der Waals surface area contributed by atoms with Crippen molar-refractivity contribution >= 4 is 17.7 Å². The Kier molecular flexibility index (Phi) is 8.32. The van der Waals surface area contributed by atoms with Gasteiger partial charge < -0.3 is 11.1 Å². The topological polar surface area (TPSA) is 50.4 Å². The third-order valence-corrected chi connectivity index (χ3v) is 4.02. The molecule has 0 aromatic rings. The summed E-state index contributed by atoms with van der Waals surface area (Å²) in [6.07, 6.45) is 11.4. The third-order valence-electron chi connectivity index (χ3n) is 3.33. The van der Waals surface area contributed by atoms with Crippen LogP contribution < -0.4 is 11.1 Å². The summed E-state index contributed by atoms with van der Waals surface area (Å²) in [6, 6.07) is 0. The maximum atomic E-state index is 5.80. The molecule has 17 heavy (non-hydrogen) atoms. The van der Waals surface area contributed by atoms with Crippen LogP contribution in [0.5, 0.6) is 0 Å². The number of aliphatic imine (C=N–C) groups is 1. The Morgan fingerprint density at radius 2 is 2.06 bits per heavy atom. The van der Waals surface area contributed by atoms with E-state index in [1.165, 1.54) is 50.7 Å². The molecule has 1 saturated carbocycles. The highest BCUT2D eigenvalue weighted by molar-refractivity contribution is 7.98. The highest BCUT2D eigenvalue weighted by Gasteiger charge is 2.16. The molecule has 0 saturated heterocycles. The van der Waals surface area contributed by atoms with E-state index in [-0.39, 0.29) is 0 Å². The molecule has 0 aliphatic heterocycles. The standard InChI is InChI=1S/C13H27N3S/c1-17-10-5-3-2-4-9-15-13(14)16-11-12-7-6-8-12/h12H,2-11H2,1H3,(H3,14,15,16). The number of thioether (sulfide) groups is 1. The van der Waals surface area contributed by atoms with E-state index in [0.29, 0.717) is 5.96 Å². The molecule has 1 fully saturated rings. The van der Waals surface area contributed by atoms with Crippen molar-refractivity contribution in [1.82, 2.24) is 5.32 Å². The zero-order valence-corrected chi connectivity index (χ0v) is 11.9. The zero-order chi connectivity index (χ0) is 12.3. The molecule has 3 N–H and O–H groups in total. The zero-order valence-electron chi connectivity index (χ0n) is 11.1. The average molecular weight is 257 g/mol. The van der Waals surface area contributed by atoms with Gasteiger partial charge in [-0.05, 0) is 43.6 Å². The van der Waals surface area contributed by atoms with E-state index in [1.807, 2.05) is 11.8 Å². The van der Waals surface area contributed by atoms with Gasteiger partial charge >= 0.3 is 0 Å². The predicted molar refractivity (Wildman–Crippen MR) is 78.7 cm³/mol. The Labute approximate surface area is 110 Å². The van der Waals surface area contributed by atoms with Crippen molar-refractivity contribution in [2.24, 2.45) is 16.6 Å². The van der Waals surface area contributed by atoms with Crippen LogP contribution in [0.2, 0.25) is 0 Å². The molecule has 0 heterocycles. The Morgan fingerprint density at radius 1 is 1.29 bits per heavy atom. The van der Waals surface area contributed by atoms with Gasteiger partial charge in [0.05, 0.1) is 0 Å². The van der Waals surface area contributed by atoms with Crippen molar-refractivity contribution in [2.45, 2.75) is 44.9 Å². The molecule has 0 bridgehead atoms. The normalized spacial score (nSPS) is 16.9. The summed E-state index contributed by atoms with van der Waals surface area (Å²) in [4.78, 5) is 4.37. The highest BCUT2D eigenvalue weighted by Crippen LogP contribution is 2.26. The molecule has 0 amide bonds. The quantitative estimate of drug-likeness (QED) is 0.379. The maximum Gasteiger partial charge on any atom is 0.188 e. The summed E-state index contributed by atoms with van der Waals surface area (Å²) in [5.41, 5.74) is 5.80. The number of hydrogen-bond donors (Lipinski definition) is 2. The van der Waals surface area contributed by atoms with Gasteiger partial charge in [0.1, 0.15) is 0 Å². The van der Waals surface area contributed by atoms with Crippen molar-refractivity contribution in [2.75, 3.05) is 25.1 Å². The lowest BCUT2D eigenvalue weighted by Gasteiger charge is -2.23. The van der Waals surface area contributed by atoms with Crippen LogP contribution in [0.15, 0.2) is 4.99 Å². The molecule has 3 nitrogen and oxygen atoms in total. The van der Waals surface area contributed by atoms with E-state index in [0.717, 1.165) is 19.0 Å². The second kappa shape index (κ2) is 9.63. The second-order valence-electron chi connectivity index (χ2n) is 4.86. The van der Waals surface area contributed by atoms with Crippen LogP contribution >= 0.6 is 11.8 Å².